The van der Waals surface area contributed by atoms with Crippen molar-refractivity contribution in [3.05, 3.63) is 59.7 Å². The molecule has 0 heterocycles. The minimum Gasteiger partial charge on any atom is -0.390 e. The van der Waals surface area contributed by atoms with Crippen molar-refractivity contribution >= 4 is 32.3 Å². The van der Waals surface area contributed by atoms with Crippen LogP contribution in [0.25, 0.3) is 32.3 Å². The highest BCUT2D eigenvalue weighted by Gasteiger charge is 2.34. The summed E-state index contributed by atoms with van der Waals surface area (Å²) in [5.74, 6) is 0. The summed E-state index contributed by atoms with van der Waals surface area (Å²) in [6, 6.07) is 16.5. The third kappa shape index (κ3) is 1.64. The molecule has 0 aliphatic heterocycles. The topological polar surface area (TPSA) is 60.7 Å². The quantitative estimate of drug-likeness (QED) is 0.438. The van der Waals surface area contributed by atoms with Gasteiger partial charge in [-0.25, -0.2) is 0 Å². The molecule has 0 spiro atoms. The Morgan fingerprint density at radius 2 is 1.48 bits per heavy atom. The molecular formula is C20H16O3. The van der Waals surface area contributed by atoms with Gasteiger partial charge in [-0.2, -0.15) is 0 Å². The maximum atomic E-state index is 10.4. The second-order valence-electron chi connectivity index (χ2n) is 6.51. The first-order valence-electron chi connectivity index (χ1n) is 7.88. The monoisotopic (exact) mass is 304 g/mol. The Balaban J connectivity index is 1.99. The van der Waals surface area contributed by atoms with Crippen molar-refractivity contribution in [1.82, 2.24) is 0 Å². The van der Waals surface area contributed by atoms with Crippen LogP contribution in [0.5, 0.6) is 0 Å². The molecule has 1 aliphatic rings. The lowest BCUT2D eigenvalue weighted by molar-refractivity contribution is -0.0682. The van der Waals surface area contributed by atoms with Crippen molar-refractivity contribution in [2.24, 2.45) is 0 Å². The summed E-state index contributed by atoms with van der Waals surface area (Å²) in [4.78, 5) is 0. The van der Waals surface area contributed by atoms with Crippen LogP contribution in [0.2, 0.25) is 0 Å². The van der Waals surface area contributed by atoms with E-state index in [-0.39, 0.29) is 0 Å². The number of fused-ring (bicyclic) bond motifs is 2. The van der Waals surface area contributed by atoms with Gasteiger partial charge in [0.2, 0.25) is 0 Å². The number of hydrogen-bond donors (Lipinski definition) is 3. The highest BCUT2D eigenvalue weighted by atomic mass is 16.4. The Morgan fingerprint density at radius 3 is 2.26 bits per heavy atom. The first kappa shape index (κ1) is 13.3. The van der Waals surface area contributed by atoms with E-state index in [0.29, 0.717) is 6.42 Å². The molecule has 0 saturated carbocycles. The van der Waals surface area contributed by atoms with Gasteiger partial charge in [-0.3, -0.25) is 0 Å². The highest BCUT2D eigenvalue weighted by molar-refractivity contribution is 6.23. The molecule has 0 fully saturated rings. The summed E-state index contributed by atoms with van der Waals surface area (Å²) in [5.41, 5.74) is 1.68. The molecule has 3 nitrogen and oxygen atoms in total. The SMILES string of the molecule is OC1c2cc3ccc4cccc5ccc(c2C[C@@H](O)[C@H]1O)c3c45. The molecule has 0 amide bonds. The minimum atomic E-state index is -1.13. The van der Waals surface area contributed by atoms with Crippen LogP contribution >= 0.6 is 0 Å². The number of aliphatic hydroxyl groups is 3. The van der Waals surface area contributed by atoms with Crippen molar-refractivity contribution < 1.29 is 15.3 Å². The van der Waals surface area contributed by atoms with Gasteiger partial charge in [0.25, 0.3) is 0 Å². The average Bonchev–Trinajstić information content (AvgIpc) is 2.58. The molecule has 4 aromatic rings. The predicted molar refractivity (Wildman–Crippen MR) is 90.8 cm³/mol. The van der Waals surface area contributed by atoms with E-state index in [4.69, 9.17) is 0 Å². The lowest BCUT2D eigenvalue weighted by Gasteiger charge is -2.32. The van der Waals surface area contributed by atoms with Gasteiger partial charge in [0.05, 0.1) is 6.10 Å². The molecule has 1 aliphatic carbocycles. The van der Waals surface area contributed by atoms with Crippen molar-refractivity contribution in [2.75, 3.05) is 0 Å². The predicted octanol–water partition coefficient (Wildman–Crippen LogP) is 2.90. The van der Waals surface area contributed by atoms with Crippen molar-refractivity contribution in [3.8, 4) is 0 Å². The Hall–Kier alpha value is -2.20. The Morgan fingerprint density at radius 1 is 0.783 bits per heavy atom. The first-order chi connectivity index (χ1) is 11.1. The maximum Gasteiger partial charge on any atom is 0.110 e. The summed E-state index contributed by atoms with van der Waals surface area (Å²) in [6.45, 7) is 0. The van der Waals surface area contributed by atoms with Gasteiger partial charge < -0.3 is 15.3 Å². The lowest BCUT2D eigenvalue weighted by Crippen LogP contribution is -2.38. The summed E-state index contributed by atoms with van der Waals surface area (Å²) in [6.07, 6.45) is -2.75. The Bertz CT molecular complexity index is 1040. The summed E-state index contributed by atoms with van der Waals surface area (Å²) >= 11 is 0. The molecule has 0 bridgehead atoms. The molecule has 23 heavy (non-hydrogen) atoms. The molecule has 3 N–H and O–H groups in total. The van der Waals surface area contributed by atoms with Gasteiger partial charge in [0.15, 0.2) is 0 Å². The second kappa shape index (κ2) is 4.42. The number of benzene rings is 4. The van der Waals surface area contributed by atoms with Crippen LogP contribution in [0.3, 0.4) is 0 Å². The molecule has 114 valence electrons. The third-order valence-electron chi connectivity index (χ3n) is 5.24. The molecule has 4 aromatic carbocycles. The Labute approximate surface area is 132 Å². The van der Waals surface area contributed by atoms with Crippen LogP contribution in [0, 0.1) is 0 Å². The standard InChI is InChI=1S/C20H16O3/c21-16-9-14-13-7-6-11-3-1-2-10-4-5-12(18(13)17(10)11)8-15(14)19(22)20(16)23/h1-8,16,19-23H,9H2/t16-,19?,20-/m1/s1. The van der Waals surface area contributed by atoms with Gasteiger partial charge in [-0.15, -0.1) is 0 Å². The minimum absolute atomic E-state index is 0.363. The van der Waals surface area contributed by atoms with Gasteiger partial charge >= 0.3 is 0 Å². The van der Waals surface area contributed by atoms with Crippen molar-refractivity contribution in [2.45, 2.75) is 24.7 Å². The highest BCUT2D eigenvalue weighted by Crippen LogP contribution is 2.41. The lowest BCUT2D eigenvalue weighted by atomic mass is 9.80. The maximum absolute atomic E-state index is 10.4. The van der Waals surface area contributed by atoms with E-state index in [9.17, 15) is 15.3 Å². The number of aliphatic hydroxyl groups excluding tert-OH is 3. The van der Waals surface area contributed by atoms with E-state index in [1.807, 2.05) is 6.07 Å². The molecular weight excluding hydrogens is 288 g/mol. The van der Waals surface area contributed by atoms with Crippen LogP contribution in [0.15, 0.2) is 48.5 Å². The fraction of sp³-hybridized carbons (Fsp3) is 0.200. The van der Waals surface area contributed by atoms with E-state index in [0.717, 1.165) is 21.9 Å². The van der Waals surface area contributed by atoms with E-state index in [1.54, 1.807) is 0 Å². The molecule has 0 saturated heterocycles. The van der Waals surface area contributed by atoms with Crippen molar-refractivity contribution in [3.63, 3.8) is 0 Å². The summed E-state index contributed by atoms with van der Waals surface area (Å²) < 4.78 is 0. The van der Waals surface area contributed by atoms with Crippen LogP contribution in [-0.4, -0.2) is 27.5 Å². The average molecular weight is 304 g/mol. The largest absolute Gasteiger partial charge is 0.390 e. The molecule has 0 aromatic heterocycles. The zero-order valence-electron chi connectivity index (χ0n) is 12.4. The zero-order chi connectivity index (χ0) is 15.7. The summed E-state index contributed by atoms with van der Waals surface area (Å²) in [7, 11) is 0. The summed E-state index contributed by atoms with van der Waals surface area (Å²) in [5, 5.41) is 37.4. The number of hydrogen-bond acceptors (Lipinski definition) is 3. The molecule has 5 rings (SSSR count). The van der Waals surface area contributed by atoms with Gasteiger partial charge in [-0.05, 0) is 49.5 Å². The van der Waals surface area contributed by atoms with Crippen molar-refractivity contribution in [1.29, 1.82) is 0 Å². The second-order valence-corrected chi connectivity index (χ2v) is 6.51. The van der Waals surface area contributed by atoms with E-state index < -0.39 is 18.3 Å². The normalized spacial score (nSPS) is 24.6. The fourth-order valence-corrected chi connectivity index (χ4v) is 4.11. The Kier molecular flexibility index (Phi) is 2.55. The van der Waals surface area contributed by atoms with Crippen LogP contribution in [-0.2, 0) is 6.42 Å². The fourth-order valence-electron chi connectivity index (χ4n) is 4.11. The van der Waals surface area contributed by atoms with Crippen LogP contribution < -0.4 is 0 Å². The first-order valence-corrected chi connectivity index (χ1v) is 7.88. The van der Waals surface area contributed by atoms with Crippen LogP contribution in [0.1, 0.15) is 17.2 Å². The molecule has 0 radical (unpaired) electrons. The molecule has 3 heteroatoms. The van der Waals surface area contributed by atoms with E-state index >= 15 is 0 Å². The van der Waals surface area contributed by atoms with E-state index in [1.165, 1.54) is 21.5 Å². The van der Waals surface area contributed by atoms with Gasteiger partial charge in [0, 0.05) is 6.42 Å². The molecule has 3 atom stereocenters. The van der Waals surface area contributed by atoms with Crippen LogP contribution in [0.4, 0.5) is 0 Å². The molecule has 1 unspecified atom stereocenters. The van der Waals surface area contributed by atoms with E-state index in [2.05, 4.69) is 42.5 Å². The van der Waals surface area contributed by atoms with Gasteiger partial charge in [-0.1, -0.05) is 42.5 Å². The zero-order valence-corrected chi connectivity index (χ0v) is 12.4. The van der Waals surface area contributed by atoms with Gasteiger partial charge in [0.1, 0.15) is 12.2 Å². The smallest absolute Gasteiger partial charge is 0.110 e. The third-order valence-corrected chi connectivity index (χ3v) is 5.24. The number of rotatable bonds is 0.